The fraction of sp³-hybridized carbons (Fsp3) is 0.529. The third kappa shape index (κ3) is 6.49. The Labute approximate surface area is 131 Å². The Morgan fingerprint density at radius 3 is 2.82 bits per heavy atom. The predicted octanol–water partition coefficient (Wildman–Crippen LogP) is 2.67. The lowest BCUT2D eigenvalue weighted by Gasteiger charge is -2.15. The average Bonchev–Trinajstić information content (AvgIpc) is 2.51. The highest BCUT2D eigenvalue weighted by atomic mass is 16.5. The second-order valence-corrected chi connectivity index (χ2v) is 4.83. The summed E-state index contributed by atoms with van der Waals surface area (Å²) in [5, 5.41) is 9.84. The third-order valence-electron chi connectivity index (χ3n) is 3.17. The van der Waals surface area contributed by atoms with Gasteiger partial charge in [0.1, 0.15) is 5.76 Å². The molecule has 0 heterocycles. The van der Waals surface area contributed by atoms with Crippen LogP contribution in [-0.4, -0.2) is 30.8 Å². The SMILES string of the molecule is CCOC(=O)CCC1=CC(C#CCCC(=O)OC)CC=C1O. The van der Waals surface area contributed by atoms with Crippen LogP contribution in [0.15, 0.2) is 23.5 Å². The lowest BCUT2D eigenvalue weighted by Crippen LogP contribution is -2.07. The molecule has 1 unspecified atom stereocenters. The zero-order valence-corrected chi connectivity index (χ0v) is 13.1. The highest BCUT2D eigenvalue weighted by Crippen LogP contribution is 2.24. The molecule has 0 aromatic carbocycles. The summed E-state index contributed by atoms with van der Waals surface area (Å²) in [4.78, 5) is 22.3. The zero-order valence-electron chi connectivity index (χ0n) is 13.1. The van der Waals surface area contributed by atoms with Crippen LogP contribution in [0.25, 0.3) is 0 Å². The summed E-state index contributed by atoms with van der Waals surface area (Å²) < 4.78 is 9.41. The lowest BCUT2D eigenvalue weighted by molar-refractivity contribution is -0.143. The number of hydrogen-bond acceptors (Lipinski definition) is 5. The lowest BCUT2D eigenvalue weighted by atomic mass is 9.93. The first-order valence-electron chi connectivity index (χ1n) is 7.37. The van der Waals surface area contributed by atoms with Gasteiger partial charge in [-0.2, -0.15) is 0 Å². The monoisotopic (exact) mass is 306 g/mol. The summed E-state index contributed by atoms with van der Waals surface area (Å²) in [5.41, 5.74) is 0.714. The average molecular weight is 306 g/mol. The van der Waals surface area contributed by atoms with Crippen molar-refractivity contribution in [2.45, 2.75) is 39.0 Å². The molecule has 22 heavy (non-hydrogen) atoms. The standard InChI is InChI=1S/C17H22O5/c1-3-22-17(20)11-9-14-12-13(8-10-15(14)18)6-4-5-7-16(19)21-2/h10,12-13,18H,3,5,7-9,11H2,1-2H3. The van der Waals surface area contributed by atoms with Crippen molar-refractivity contribution >= 4 is 11.9 Å². The van der Waals surface area contributed by atoms with Crippen molar-refractivity contribution in [3.05, 3.63) is 23.5 Å². The number of ether oxygens (including phenoxy) is 2. The minimum absolute atomic E-state index is 0.00857. The van der Waals surface area contributed by atoms with Crippen molar-refractivity contribution in [2.24, 2.45) is 5.92 Å². The predicted molar refractivity (Wildman–Crippen MR) is 81.8 cm³/mol. The van der Waals surface area contributed by atoms with E-state index in [0.717, 1.165) is 0 Å². The van der Waals surface area contributed by atoms with Crippen LogP contribution in [0.4, 0.5) is 0 Å². The van der Waals surface area contributed by atoms with Crippen molar-refractivity contribution in [1.82, 2.24) is 0 Å². The molecule has 0 saturated heterocycles. The van der Waals surface area contributed by atoms with Crippen LogP contribution in [-0.2, 0) is 19.1 Å². The maximum Gasteiger partial charge on any atom is 0.306 e. The van der Waals surface area contributed by atoms with Gasteiger partial charge in [0, 0.05) is 18.8 Å². The molecule has 0 fully saturated rings. The number of hydrogen-bond donors (Lipinski definition) is 1. The largest absolute Gasteiger partial charge is 0.508 e. The second-order valence-electron chi connectivity index (χ2n) is 4.83. The van der Waals surface area contributed by atoms with Crippen LogP contribution >= 0.6 is 0 Å². The molecule has 1 rings (SSSR count). The minimum Gasteiger partial charge on any atom is -0.508 e. The fourth-order valence-corrected chi connectivity index (χ4v) is 2.02. The van der Waals surface area contributed by atoms with Gasteiger partial charge in [-0.05, 0) is 31.4 Å². The summed E-state index contributed by atoms with van der Waals surface area (Å²) in [6.45, 7) is 2.11. The number of carbonyl (C=O) groups is 2. The second kappa shape index (κ2) is 9.67. The van der Waals surface area contributed by atoms with Gasteiger partial charge < -0.3 is 14.6 Å². The van der Waals surface area contributed by atoms with Crippen molar-refractivity contribution in [1.29, 1.82) is 0 Å². The smallest absolute Gasteiger partial charge is 0.306 e. The topological polar surface area (TPSA) is 72.8 Å². The first kappa shape index (κ1) is 17.8. The van der Waals surface area contributed by atoms with E-state index in [1.54, 1.807) is 13.0 Å². The molecule has 0 saturated carbocycles. The molecule has 0 radical (unpaired) electrons. The van der Waals surface area contributed by atoms with Crippen LogP contribution < -0.4 is 0 Å². The fourth-order valence-electron chi connectivity index (χ4n) is 2.02. The van der Waals surface area contributed by atoms with Gasteiger partial charge in [0.25, 0.3) is 0 Å². The van der Waals surface area contributed by atoms with E-state index in [0.29, 0.717) is 31.4 Å². The molecule has 0 aromatic heterocycles. The van der Waals surface area contributed by atoms with Gasteiger partial charge in [-0.15, -0.1) is 5.92 Å². The molecule has 1 aliphatic carbocycles. The third-order valence-corrected chi connectivity index (χ3v) is 3.17. The maximum absolute atomic E-state index is 11.4. The minimum atomic E-state index is -0.277. The normalized spacial score (nSPS) is 16.7. The first-order chi connectivity index (χ1) is 10.6. The Hall–Kier alpha value is -2.22. The van der Waals surface area contributed by atoms with Crippen molar-refractivity contribution in [2.75, 3.05) is 13.7 Å². The zero-order chi connectivity index (χ0) is 16.4. The van der Waals surface area contributed by atoms with Crippen molar-refractivity contribution < 1.29 is 24.2 Å². The maximum atomic E-state index is 11.4. The number of aliphatic hydroxyl groups is 1. The molecule has 0 spiro atoms. The van der Waals surface area contributed by atoms with Crippen LogP contribution in [0.3, 0.4) is 0 Å². The number of rotatable bonds is 6. The summed E-state index contributed by atoms with van der Waals surface area (Å²) in [7, 11) is 1.35. The molecular formula is C17H22O5. The van der Waals surface area contributed by atoms with Gasteiger partial charge in [0.2, 0.25) is 0 Å². The summed E-state index contributed by atoms with van der Waals surface area (Å²) in [5.74, 6) is 5.65. The van der Waals surface area contributed by atoms with E-state index >= 15 is 0 Å². The number of esters is 2. The highest BCUT2D eigenvalue weighted by molar-refractivity contribution is 5.70. The van der Waals surface area contributed by atoms with Crippen LogP contribution in [0.5, 0.6) is 0 Å². The van der Waals surface area contributed by atoms with E-state index in [4.69, 9.17) is 4.74 Å². The van der Waals surface area contributed by atoms with E-state index in [2.05, 4.69) is 16.6 Å². The number of allylic oxidation sites excluding steroid dienone is 3. The molecule has 1 aliphatic rings. The van der Waals surface area contributed by atoms with Gasteiger partial charge >= 0.3 is 11.9 Å². The Kier molecular flexibility index (Phi) is 7.84. The molecule has 0 aliphatic heterocycles. The van der Waals surface area contributed by atoms with E-state index in [9.17, 15) is 14.7 Å². The van der Waals surface area contributed by atoms with Crippen molar-refractivity contribution in [3.8, 4) is 11.8 Å². The number of aliphatic hydroxyl groups excluding tert-OH is 1. The highest BCUT2D eigenvalue weighted by Gasteiger charge is 2.15. The van der Waals surface area contributed by atoms with Crippen LogP contribution in [0.1, 0.15) is 39.0 Å². The number of methoxy groups -OCH3 is 1. The molecule has 1 atom stereocenters. The van der Waals surface area contributed by atoms with E-state index < -0.39 is 0 Å². The molecule has 0 bridgehead atoms. The molecule has 0 amide bonds. The summed E-state index contributed by atoms with van der Waals surface area (Å²) in [6, 6.07) is 0. The Morgan fingerprint density at radius 2 is 2.14 bits per heavy atom. The summed E-state index contributed by atoms with van der Waals surface area (Å²) >= 11 is 0. The van der Waals surface area contributed by atoms with E-state index in [1.807, 2.05) is 6.08 Å². The molecule has 5 nitrogen and oxygen atoms in total. The Balaban J connectivity index is 2.52. The first-order valence-corrected chi connectivity index (χ1v) is 7.37. The van der Waals surface area contributed by atoms with Gasteiger partial charge in [-0.25, -0.2) is 0 Å². The van der Waals surface area contributed by atoms with Gasteiger partial charge in [-0.3, -0.25) is 9.59 Å². The van der Waals surface area contributed by atoms with Crippen LogP contribution in [0, 0.1) is 17.8 Å². The van der Waals surface area contributed by atoms with E-state index in [-0.39, 0.29) is 36.5 Å². The molecule has 5 heteroatoms. The Bertz CT molecular complexity index is 519. The Morgan fingerprint density at radius 1 is 1.36 bits per heavy atom. The molecule has 120 valence electrons. The molecule has 0 aromatic rings. The quantitative estimate of drug-likeness (QED) is 0.603. The number of carbonyl (C=O) groups excluding carboxylic acids is 2. The van der Waals surface area contributed by atoms with Crippen molar-refractivity contribution in [3.63, 3.8) is 0 Å². The van der Waals surface area contributed by atoms with Gasteiger partial charge in [0.05, 0.1) is 20.1 Å². The summed E-state index contributed by atoms with van der Waals surface area (Å²) in [6.07, 6.45) is 5.60. The van der Waals surface area contributed by atoms with Gasteiger partial charge in [-0.1, -0.05) is 12.0 Å². The molecule has 1 N–H and O–H groups in total. The van der Waals surface area contributed by atoms with Crippen LogP contribution in [0.2, 0.25) is 0 Å². The van der Waals surface area contributed by atoms with Gasteiger partial charge in [0.15, 0.2) is 0 Å². The van der Waals surface area contributed by atoms with E-state index in [1.165, 1.54) is 7.11 Å². The molecular weight excluding hydrogens is 284 g/mol.